The number of halogens is 2. The second-order valence-electron chi connectivity index (χ2n) is 4.72. The summed E-state index contributed by atoms with van der Waals surface area (Å²) in [4.78, 5) is 4.28. The zero-order chi connectivity index (χ0) is 13.4. The summed E-state index contributed by atoms with van der Waals surface area (Å²) in [6.45, 7) is 2.97. The molecule has 1 fully saturated rings. The molecule has 2 heterocycles. The molecule has 1 aromatic carbocycles. The predicted molar refractivity (Wildman–Crippen MR) is 64.5 cm³/mol. The number of hydrogen-bond donors (Lipinski definition) is 1. The van der Waals surface area contributed by atoms with Crippen LogP contribution in [0.5, 0.6) is 0 Å². The summed E-state index contributed by atoms with van der Waals surface area (Å²) in [5.41, 5.74) is 0.410. The summed E-state index contributed by atoms with van der Waals surface area (Å²) in [5, 5.41) is 7.13. The van der Waals surface area contributed by atoms with Crippen LogP contribution in [-0.4, -0.2) is 22.7 Å². The molecule has 19 heavy (non-hydrogen) atoms. The van der Waals surface area contributed by atoms with Gasteiger partial charge in [0.1, 0.15) is 0 Å². The summed E-state index contributed by atoms with van der Waals surface area (Å²) in [7, 11) is 0. The fourth-order valence-corrected chi connectivity index (χ4v) is 2.33. The molecule has 1 aliphatic heterocycles. The van der Waals surface area contributed by atoms with Crippen molar-refractivity contribution < 1.29 is 13.3 Å². The lowest BCUT2D eigenvalue weighted by Crippen LogP contribution is -2.21. The second-order valence-corrected chi connectivity index (χ2v) is 4.72. The van der Waals surface area contributed by atoms with Gasteiger partial charge in [-0.2, -0.15) is 4.98 Å². The maximum atomic E-state index is 13.2. The van der Waals surface area contributed by atoms with Crippen LogP contribution in [0.15, 0.2) is 22.7 Å². The van der Waals surface area contributed by atoms with E-state index < -0.39 is 11.6 Å². The van der Waals surface area contributed by atoms with Gasteiger partial charge in [-0.25, -0.2) is 8.78 Å². The first-order valence-corrected chi connectivity index (χ1v) is 6.17. The third kappa shape index (κ3) is 2.23. The standard InChI is InChI=1S/C13H13F2N3O/c1-7-9(4-5-16-7)13-17-12(18-19-13)8-2-3-10(14)11(15)6-8/h2-3,6-7,9,16H,4-5H2,1H3. The molecule has 0 amide bonds. The summed E-state index contributed by atoms with van der Waals surface area (Å²) >= 11 is 0. The Morgan fingerprint density at radius 1 is 1.32 bits per heavy atom. The average molecular weight is 265 g/mol. The normalized spacial score (nSPS) is 22.9. The van der Waals surface area contributed by atoms with E-state index in [1.807, 2.05) is 0 Å². The monoisotopic (exact) mass is 265 g/mol. The number of hydrogen-bond acceptors (Lipinski definition) is 4. The fourth-order valence-electron chi connectivity index (χ4n) is 2.33. The van der Waals surface area contributed by atoms with Gasteiger partial charge in [0.2, 0.25) is 11.7 Å². The highest BCUT2D eigenvalue weighted by Crippen LogP contribution is 2.28. The van der Waals surface area contributed by atoms with E-state index in [0.717, 1.165) is 25.1 Å². The van der Waals surface area contributed by atoms with Gasteiger partial charge >= 0.3 is 0 Å². The van der Waals surface area contributed by atoms with Gasteiger partial charge in [0.15, 0.2) is 11.6 Å². The maximum absolute atomic E-state index is 13.2. The highest BCUT2D eigenvalue weighted by molar-refractivity contribution is 5.54. The van der Waals surface area contributed by atoms with Gasteiger partial charge in [0.25, 0.3) is 0 Å². The lowest BCUT2D eigenvalue weighted by atomic mass is 10.0. The van der Waals surface area contributed by atoms with Gasteiger partial charge in [-0.15, -0.1) is 0 Å². The molecule has 2 atom stereocenters. The lowest BCUT2D eigenvalue weighted by Gasteiger charge is -2.08. The van der Waals surface area contributed by atoms with Crippen LogP contribution < -0.4 is 5.32 Å². The molecule has 6 heteroatoms. The maximum Gasteiger partial charge on any atom is 0.231 e. The molecule has 1 N–H and O–H groups in total. The molecule has 0 saturated carbocycles. The SMILES string of the molecule is CC1NCCC1c1nc(-c2ccc(F)c(F)c2)no1. The zero-order valence-corrected chi connectivity index (χ0v) is 10.4. The Hall–Kier alpha value is -1.82. The van der Waals surface area contributed by atoms with E-state index in [4.69, 9.17) is 4.52 Å². The van der Waals surface area contributed by atoms with E-state index in [0.29, 0.717) is 11.5 Å². The van der Waals surface area contributed by atoms with Crippen LogP contribution in [0.3, 0.4) is 0 Å². The van der Waals surface area contributed by atoms with Crippen LogP contribution in [0.4, 0.5) is 8.78 Å². The Kier molecular flexibility index (Phi) is 3.02. The van der Waals surface area contributed by atoms with E-state index in [9.17, 15) is 8.78 Å². The summed E-state index contributed by atoms with van der Waals surface area (Å²) in [6, 6.07) is 3.84. The van der Waals surface area contributed by atoms with E-state index in [1.165, 1.54) is 6.07 Å². The third-order valence-electron chi connectivity index (χ3n) is 3.46. The van der Waals surface area contributed by atoms with E-state index >= 15 is 0 Å². The Balaban J connectivity index is 1.90. The van der Waals surface area contributed by atoms with Crippen LogP contribution in [0.1, 0.15) is 25.2 Å². The zero-order valence-electron chi connectivity index (χ0n) is 10.4. The van der Waals surface area contributed by atoms with Gasteiger partial charge in [0, 0.05) is 11.6 Å². The van der Waals surface area contributed by atoms with Crippen LogP contribution in [0.25, 0.3) is 11.4 Å². The molecule has 2 unspecified atom stereocenters. The molecule has 2 aromatic rings. The summed E-state index contributed by atoms with van der Waals surface area (Å²) in [6.07, 6.45) is 0.931. The number of nitrogens with zero attached hydrogens (tertiary/aromatic N) is 2. The van der Waals surface area contributed by atoms with Gasteiger partial charge in [-0.05, 0) is 38.1 Å². The molecule has 0 spiro atoms. The molecule has 1 aromatic heterocycles. The number of nitrogens with one attached hydrogen (secondary N) is 1. The van der Waals surface area contributed by atoms with Crippen LogP contribution >= 0.6 is 0 Å². The first kappa shape index (κ1) is 12.2. The minimum atomic E-state index is -0.917. The molecule has 1 aliphatic rings. The van der Waals surface area contributed by atoms with Crippen molar-refractivity contribution in [3.05, 3.63) is 35.7 Å². The van der Waals surface area contributed by atoms with E-state index in [-0.39, 0.29) is 17.8 Å². The molecule has 3 rings (SSSR count). The highest BCUT2D eigenvalue weighted by atomic mass is 19.2. The van der Waals surface area contributed by atoms with Crippen molar-refractivity contribution in [3.63, 3.8) is 0 Å². The van der Waals surface area contributed by atoms with Crippen molar-refractivity contribution in [2.75, 3.05) is 6.54 Å². The van der Waals surface area contributed by atoms with Gasteiger partial charge in [-0.1, -0.05) is 5.16 Å². The van der Waals surface area contributed by atoms with E-state index in [2.05, 4.69) is 22.4 Å². The molecule has 0 radical (unpaired) electrons. The largest absolute Gasteiger partial charge is 0.339 e. The Morgan fingerprint density at radius 3 is 2.84 bits per heavy atom. The molecule has 4 nitrogen and oxygen atoms in total. The molecular formula is C13H13F2N3O. The number of aromatic nitrogens is 2. The van der Waals surface area contributed by atoms with Crippen molar-refractivity contribution in [1.29, 1.82) is 0 Å². The van der Waals surface area contributed by atoms with Crippen molar-refractivity contribution in [2.45, 2.75) is 25.3 Å². The Labute approximate surface area is 108 Å². The fraction of sp³-hybridized carbons (Fsp3) is 0.385. The highest BCUT2D eigenvalue weighted by Gasteiger charge is 2.29. The molecule has 0 aliphatic carbocycles. The molecular weight excluding hydrogens is 252 g/mol. The first-order chi connectivity index (χ1) is 9.15. The minimum absolute atomic E-state index is 0.173. The van der Waals surface area contributed by atoms with Crippen molar-refractivity contribution in [2.24, 2.45) is 0 Å². The Morgan fingerprint density at radius 2 is 2.16 bits per heavy atom. The first-order valence-electron chi connectivity index (χ1n) is 6.17. The summed E-state index contributed by atoms with van der Waals surface area (Å²) in [5.74, 6) is -0.808. The Bertz CT molecular complexity index is 599. The summed E-state index contributed by atoms with van der Waals surface area (Å²) < 4.78 is 31.3. The number of rotatable bonds is 2. The third-order valence-corrected chi connectivity index (χ3v) is 3.46. The van der Waals surface area contributed by atoms with Crippen LogP contribution in [0, 0.1) is 11.6 Å². The predicted octanol–water partition coefficient (Wildman–Crippen LogP) is 2.48. The quantitative estimate of drug-likeness (QED) is 0.906. The van der Waals surface area contributed by atoms with Gasteiger partial charge in [0.05, 0.1) is 5.92 Å². The minimum Gasteiger partial charge on any atom is -0.339 e. The van der Waals surface area contributed by atoms with Gasteiger partial charge < -0.3 is 9.84 Å². The second kappa shape index (κ2) is 4.70. The topological polar surface area (TPSA) is 51.0 Å². The van der Waals surface area contributed by atoms with Crippen molar-refractivity contribution in [1.82, 2.24) is 15.5 Å². The van der Waals surface area contributed by atoms with Crippen LogP contribution in [-0.2, 0) is 0 Å². The smallest absolute Gasteiger partial charge is 0.231 e. The average Bonchev–Trinajstić information content (AvgIpc) is 3.01. The lowest BCUT2D eigenvalue weighted by molar-refractivity contribution is 0.345. The van der Waals surface area contributed by atoms with E-state index in [1.54, 1.807) is 0 Å². The van der Waals surface area contributed by atoms with Gasteiger partial charge in [-0.3, -0.25) is 0 Å². The molecule has 100 valence electrons. The van der Waals surface area contributed by atoms with Crippen LogP contribution in [0.2, 0.25) is 0 Å². The van der Waals surface area contributed by atoms with Crippen molar-refractivity contribution >= 4 is 0 Å². The number of benzene rings is 1. The molecule has 0 bridgehead atoms. The molecule has 1 saturated heterocycles. The van der Waals surface area contributed by atoms with Crippen molar-refractivity contribution in [3.8, 4) is 11.4 Å².